The zero-order valence-electron chi connectivity index (χ0n) is 22.2. The van der Waals surface area contributed by atoms with E-state index in [1.54, 1.807) is 7.11 Å². The number of aromatic amines is 1. The predicted octanol–water partition coefficient (Wildman–Crippen LogP) is 5.60. The maximum Gasteiger partial charge on any atom is 0.320 e. The third kappa shape index (κ3) is 5.39. The van der Waals surface area contributed by atoms with Crippen LogP contribution >= 0.6 is 0 Å². The van der Waals surface area contributed by atoms with Gasteiger partial charge in [0, 0.05) is 69.7 Å². The molecule has 2 aromatic heterocycles. The number of aromatic nitrogens is 2. The lowest BCUT2D eigenvalue weighted by Gasteiger charge is -2.30. The zero-order valence-corrected chi connectivity index (χ0v) is 22.2. The van der Waals surface area contributed by atoms with E-state index in [9.17, 15) is 10.1 Å². The van der Waals surface area contributed by atoms with Crippen LogP contribution in [-0.2, 0) is 4.74 Å². The number of methoxy groups -OCH3 is 1. The van der Waals surface area contributed by atoms with Crippen molar-refractivity contribution in [1.82, 2.24) is 19.8 Å². The van der Waals surface area contributed by atoms with Crippen LogP contribution in [0.1, 0.15) is 50.2 Å². The van der Waals surface area contributed by atoms with Gasteiger partial charge in [0.2, 0.25) is 0 Å². The number of likely N-dealkylation sites (tertiary alicyclic amines) is 1. The number of urea groups is 1. The van der Waals surface area contributed by atoms with Crippen LogP contribution in [0.15, 0.2) is 42.7 Å². The molecule has 4 heterocycles. The first-order valence-electron chi connectivity index (χ1n) is 13.5. The zero-order chi connectivity index (χ0) is 26.5. The van der Waals surface area contributed by atoms with Gasteiger partial charge in [-0.2, -0.15) is 5.26 Å². The number of hydrogen-bond acceptors (Lipinski definition) is 5. The fourth-order valence-corrected chi connectivity index (χ4v) is 5.29. The van der Waals surface area contributed by atoms with Crippen LogP contribution in [0.25, 0.3) is 27.7 Å². The van der Waals surface area contributed by atoms with Gasteiger partial charge >= 0.3 is 6.03 Å². The molecule has 0 bridgehead atoms. The Morgan fingerprint density at radius 2 is 2.03 bits per heavy atom. The number of carbonyl (C=O) groups excluding carboxylic acids is 1. The number of ether oxygens (including phenoxy) is 2. The Kier molecular flexibility index (Phi) is 7.94. The number of nitrogens with one attached hydrogen (secondary N) is 1. The van der Waals surface area contributed by atoms with E-state index in [0.717, 1.165) is 79.5 Å². The van der Waals surface area contributed by atoms with Gasteiger partial charge in [-0.05, 0) is 60.6 Å². The fraction of sp³-hybridized carbons (Fsp3) is 0.433. The number of hydrogen-bond donors (Lipinski definition) is 1. The van der Waals surface area contributed by atoms with Crippen LogP contribution in [-0.4, -0.2) is 71.8 Å². The Morgan fingerprint density at radius 1 is 1.18 bits per heavy atom. The summed E-state index contributed by atoms with van der Waals surface area (Å²) in [6.07, 6.45) is 10.6. The molecule has 1 saturated heterocycles. The SMILES string of the molecule is CCC(CCOC)Oc1ccc(-c2c[nH]c3ncc(C4=CCN(C(=O)N5CCCC5)CC4)cc23)cc1C#N. The first-order valence-corrected chi connectivity index (χ1v) is 13.5. The minimum atomic E-state index is -0.00177. The number of pyridine rings is 1. The van der Waals surface area contributed by atoms with Gasteiger partial charge < -0.3 is 24.3 Å². The second-order valence-corrected chi connectivity index (χ2v) is 9.98. The van der Waals surface area contributed by atoms with Gasteiger partial charge in [-0.25, -0.2) is 9.78 Å². The maximum atomic E-state index is 12.8. The summed E-state index contributed by atoms with van der Waals surface area (Å²) in [7, 11) is 1.68. The van der Waals surface area contributed by atoms with Crippen molar-refractivity contribution in [1.29, 1.82) is 5.26 Å². The lowest BCUT2D eigenvalue weighted by atomic mass is 9.98. The first kappa shape index (κ1) is 25.8. The summed E-state index contributed by atoms with van der Waals surface area (Å²) < 4.78 is 11.3. The van der Waals surface area contributed by atoms with Crippen LogP contribution in [0.2, 0.25) is 0 Å². The average molecular weight is 514 g/mol. The summed E-state index contributed by atoms with van der Waals surface area (Å²) in [5.41, 5.74) is 5.51. The van der Waals surface area contributed by atoms with Crippen LogP contribution in [0.5, 0.6) is 5.75 Å². The maximum absolute atomic E-state index is 12.8. The van der Waals surface area contributed by atoms with Crippen molar-refractivity contribution < 1.29 is 14.3 Å². The van der Waals surface area contributed by atoms with E-state index in [0.29, 0.717) is 24.5 Å². The van der Waals surface area contributed by atoms with E-state index in [-0.39, 0.29) is 12.1 Å². The van der Waals surface area contributed by atoms with Gasteiger partial charge in [0.05, 0.1) is 5.56 Å². The summed E-state index contributed by atoms with van der Waals surface area (Å²) >= 11 is 0. The molecule has 2 aliphatic heterocycles. The number of amides is 2. The minimum Gasteiger partial charge on any atom is -0.489 e. The third-order valence-corrected chi connectivity index (χ3v) is 7.56. The number of benzene rings is 1. The largest absolute Gasteiger partial charge is 0.489 e. The van der Waals surface area contributed by atoms with Crippen molar-refractivity contribution in [2.24, 2.45) is 0 Å². The highest BCUT2D eigenvalue weighted by Gasteiger charge is 2.25. The number of rotatable bonds is 8. The molecule has 0 radical (unpaired) electrons. The second kappa shape index (κ2) is 11.7. The quantitative estimate of drug-likeness (QED) is 0.423. The monoisotopic (exact) mass is 513 g/mol. The molecule has 1 aromatic carbocycles. The number of fused-ring (bicyclic) bond motifs is 1. The number of carbonyl (C=O) groups is 1. The fourth-order valence-electron chi connectivity index (χ4n) is 5.29. The molecule has 3 aromatic rings. The van der Waals surface area contributed by atoms with Gasteiger partial charge in [-0.15, -0.1) is 0 Å². The average Bonchev–Trinajstić information content (AvgIpc) is 3.65. The van der Waals surface area contributed by atoms with Crippen LogP contribution in [0.3, 0.4) is 0 Å². The molecule has 8 nitrogen and oxygen atoms in total. The number of nitriles is 1. The van der Waals surface area contributed by atoms with Crippen molar-refractivity contribution in [2.75, 3.05) is 39.9 Å². The van der Waals surface area contributed by atoms with Gasteiger partial charge in [0.15, 0.2) is 0 Å². The van der Waals surface area contributed by atoms with Gasteiger partial charge in [-0.3, -0.25) is 0 Å². The molecule has 0 spiro atoms. The highest BCUT2D eigenvalue weighted by molar-refractivity contribution is 5.95. The predicted molar refractivity (Wildman–Crippen MR) is 148 cm³/mol. The van der Waals surface area contributed by atoms with Crippen LogP contribution in [0, 0.1) is 11.3 Å². The highest BCUT2D eigenvalue weighted by Crippen LogP contribution is 2.34. The topological polar surface area (TPSA) is 94.5 Å². The molecule has 2 aliphatic rings. The van der Waals surface area contributed by atoms with Gasteiger partial charge in [-0.1, -0.05) is 19.1 Å². The smallest absolute Gasteiger partial charge is 0.320 e. The first-order chi connectivity index (χ1) is 18.6. The Balaban J connectivity index is 1.36. The lowest BCUT2D eigenvalue weighted by molar-refractivity contribution is 0.123. The van der Waals surface area contributed by atoms with Crippen molar-refractivity contribution in [3.8, 4) is 22.9 Å². The van der Waals surface area contributed by atoms with E-state index < -0.39 is 0 Å². The van der Waals surface area contributed by atoms with Crippen LogP contribution < -0.4 is 4.74 Å². The summed E-state index contributed by atoms with van der Waals surface area (Å²) in [6, 6.07) is 10.4. The molecule has 1 atom stereocenters. The molecule has 2 amide bonds. The molecule has 1 N–H and O–H groups in total. The van der Waals surface area contributed by atoms with E-state index in [1.807, 2.05) is 40.4 Å². The van der Waals surface area contributed by atoms with Gasteiger partial charge in [0.25, 0.3) is 0 Å². The molecule has 38 heavy (non-hydrogen) atoms. The molecule has 1 fully saturated rings. The highest BCUT2D eigenvalue weighted by atomic mass is 16.5. The van der Waals surface area contributed by atoms with E-state index >= 15 is 0 Å². The Hall–Kier alpha value is -3.83. The summed E-state index contributed by atoms with van der Waals surface area (Å²) in [5, 5.41) is 10.8. The Morgan fingerprint density at radius 3 is 2.74 bits per heavy atom. The minimum absolute atomic E-state index is 0.00177. The number of H-pyrrole nitrogens is 1. The van der Waals surface area contributed by atoms with Crippen molar-refractivity contribution in [2.45, 2.75) is 45.1 Å². The molecule has 0 saturated carbocycles. The molecular formula is C30H35N5O3. The lowest BCUT2D eigenvalue weighted by Crippen LogP contribution is -2.43. The van der Waals surface area contributed by atoms with E-state index in [4.69, 9.17) is 9.47 Å². The molecule has 5 rings (SSSR count). The Labute approximate surface area is 223 Å². The van der Waals surface area contributed by atoms with Crippen molar-refractivity contribution in [3.63, 3.8) is 0 Å². The Bertz CT molecular complexity index is 1370. The van der Waals surface area contributed by atoms with Crippen LogP contribution in [0.4, 0.5) is 4.79 Å². The normalized spacial score (nSPS) is 16.4. The standard InChI is InChI=1S/C30H35N5O3/c1-3-25(10-15-37-2)38-28-7-6-22(16-23(28)18-31)27-20-33-29-26(27)17-24(19-32-29)21-8-13-35(14-9-21)30(36)34-11-4-5-12-34/h6-8,16-17,19-20,25H,3-5,9-15H2,1-2H3,(H,32,33). The summed E-state index contributed by atoms with van der Waals surface area (Å²) in [6.45, 7) is 5.77. The van der Waals surface area contributed by atoms with Gasteiger partial charge in [0.1, 0.15) is 23.6 Å². The summed E-state index contributed by atoms with van der Waals surface area (Å²) in [5.74, 6) is 0.596. The second-order valence-electron chi connectivity index (χ2n) is 9.98. The van der Waals surface area contributed by atoms with Crippen molar-refractivity contribution in [3.05, 3.63) is 53.9 Å². The van der Waals surface area contributed by atoms with E-state index in [1.165, 1.54) is 5.57 Å². The molecular weight excluding hydrogens is 478 g/mol. The molecule has 1 unspecified atom stereocenters. The van der Waals surface area contributed by atoms with Crippen molar-refractivity contribution >= 4 is 22.6 Å². The molecule has 198 valence electrons. The third-order valence-electron chi connectivity index (χ3n) is 7.56. The molecule has 8 heteroatoms. The molecule has 0 aliphatic carbocycles. The number of nitrogens with zero attached hydrogens (tertiary/aromatic N) is 4. The summed E-state index contributed by atoms with van der Waals surface area (Å²) in [4.78, 5) is 24.6. The van der Waals surface area contributed by atoms with E-state index in [2.05, 4.69) is 35.1 Å².